The molecule has 18 heavy (non-hydrogen) atoms. The van der Waals surface area contributed by atoms with Gasteiger partial charge in [0.15, 0.2) is 0 Å². The van der Waals surface area contributed by atoms with Crippen LogP contribution in [0, 0.1) is 10.1 Å². The number of anilines is 1. The number of thiophene rings is 1. The molecule has 0 amide bonds. The number of hydrogen-bond acceptors (Lipinski definition) is 5. The second-order valence-electron chi connectivity index (χ2n) is 3.72. The van der Waals surface area contributed by atoms with E-state index in [1.165, 1.54) is 0 Å². The molecule has 0 saturated heterocycles. The quantitative estimate of drug-likeness (QED) is 0.643. The normalized spacial score (nSPS) is 10.3. The molecule has 0 bridgehead atoms. The van der Waals surface area contributed by atoms with Crippen molar-refractivity contribution in [1.29, 1.82) is 0 Å². The zero-order valence-electron chi connectivity index (χ0n) is 9.50. The summed E-state index contributed by atoms with van der Waals surface area (Å²) in [6, 6.07) is 8.98. The van der Waals surface area contributed by atoms with Crippen LogP contribution in [0.1, 0.15) is 11.1 Å². The molecule has 1 aromatic carbocycles. The summed E-state index contributed by atoms with van der Waals surface area (Å²) in [4.78, 5) is 10.2. The lowest BCUT2D eigenvalue weighted by atomic mass is 10.2. The van der Waals surface area contributed by atoms with E-state index in [9.17, 15) is 10.1 Å². The van der Waals surface area contributed by atoms with E-state index in [2.05, 4.69) is 5.32 Å². The van der Waals surface area contributed by atoms with E-state index >= 15 is 0 Å². The molecule has 0 spiro atoms. The maximum Gasteiger partial charge on any atom is 0.324 e. The monoisotopic (exact) mass is 264 g/mol. The Hall–Kier alpha value is -1.92. The van der Waals surface area contributed by atoms with Gasteiger partial charge in [-0.25, -0.2) is 0 Å². The highest BCUT2D eigenvalue weighted by molar-refractivity contribution is 7.13. The molecule has 0 unspecified atom stereocenters. The molecular weight excluding hydrogens is 252 g/mol. The maximum absolute atomic E-state index is 10.6. The molecule has 5 nitrogen and oxygen atoms in total. The molecule has 0 atom stereocenters. The average Bonchev–Trinajstić information content (AvgIpc) is 2.85. The summed E-state index contributed by atoms with van der Waals surface area (Å²) in [6.07, 6.45) is 0. The van der Waals surface area contributed by atoms with Crippen molar-refractivity contribution in [2.75, 3.05) is 5.32 Å². The second-order valence-corrected chi connectivity index (χ2v) is 4.61. The van der Waals surface area contributed by atoms with E-state index < -0.39 is 4.92 Å². The molecule has 0 saturated carbocycles. The molecule has 0 aliphatic rings. The molecular formula is C12H12N2O3S. The van der Waals surface area contributed by atoms with E-state index in [0.29, 0.717) is 6.54 Å². The van der Waals surface area contributed by atoms with Gasteiger partial charge in [0.05, 0.1) is 11.5 Å². The van der Waals surface area contributed by atoms with E-state index in [-0.39, 0.29) is 11.6 Å². The Kier molecular flexibility index (Phi) is 3.91. The number of hydrogen-bond donors (Lipinski definition) is 2. The number of nitrogens with zero attached hydrogens (tertiary/aromatic N) is 1. The molecule has 2 N–H and O–H groups in total. The fourth-order valence-corrected chi connectivity index (χ4v) is 2.31. The lowest BCUT2D eigenvalue weighted by Crippen LogP contribution is -2.01. The van der Waals surface area contributed by atoms with Crippen molar-refractivity contribution in [2.24, 2.45) is 0 Å². The van der Waals surface area contributed by atoms with Crippen molar-refractivity contribution in [2.45, 2.75) is 13.2 Å². The fraction of sp³-hybridized carbons (Fsp3) is 0.167. The van der Waals surface area contributed by atoms with Gasteiger partial charge in [0.2, 0.25) is 0 Å². The van der Waals surface area contributed by atoms with Crippen LogP contribution in [0.4, 0.5) is 10.7 Å². The van der Waals surface area contributed by atoms with Crippen molar-refractivity contribution in [3.05, 3.63) is 57.0 Å². The SMILES string of the molecule is O=[N+]([O-])c1cc(CNc2ccccc2CO)cs1. The topological polar surface area (TPSA) is 75.4 Å². The van der Waals surface area contributed by atoms with Crippen LogP contribution in [0.5, 0.6) is 0 Å². The van der Waals surface area contributed by atoms with Gasteiger partial charge in [-0.15, -0.1) is 0 Å². The minimum absolute atomic E-state index is 0.0348. The molecule has 94 valence electrons. The van der Waals surface area contributed by atoms with Gasteiger partial charge in [0.25, 0.3) is 0 Å². The van der Waals surface area contributed by atoms with Gasteiger partial charge in [-0.05, 0) is 11.6 Å². The van der Waals surface area contributed by atoms with Gasteiger partial charge >= 0.3 is 5.00 Å². The Morgan fingerprint density at radius 3 is 2.83 bits per heavy atom. The van der Waals surface area contributed by atoms with Crippen molar-refractivity contribution in [3.63, 3.8) is 0 Å². The van der Waals surface area contributed by atoms with Gasteiger partial charge in [-0.1, -0.05) is 29.5 Å². The lowest BCUT2D eigenvalue weighted by molar-refractivity contribution is -0.380. The number of rotatable bonds is 5. The molecule has 0 radical (unpaired) electrons. The first-order valence-electron chi connectivity index (χ1n) is 5.35. The second kappa shape index (κ2) is 5.61. The van der Waals surface area contributed by atoms with Gasteiger partial charge in [0, 0.05) is 29.2 Å². The molecule has 1 aromatic heterocycles. The zero-order valence-corrected chi connectivity index (χ0v) is 10.3. The predicted molar refractivity (Wildman–Crippen MR) is 70.7 cm³/mol. The molecule has 6 heteroatoms. The van der Waals surface area contributed by atoms with Crippen LogP contribution < -0.4 is 5.32 Å². The first kappa shape index (κ1) is 12.5. The zero-order chi connectivity index (χ0) is 13.0. The first-order chi connectivity index (χ1) is 8.70. The number of para-hydroxylation sites is 1. The van der Waals surface area contributed by atoms with Crippen LogP contribution >= 0.6 is 11.3 Å². The van der Waals surface area contributed by atoms with Gasteiger partial charge in [-0.3, -0.25) is 10.1 Å². The van der Waals surface area contributed by atoms with Crippen molar-refractivity contribution in [3.8, 4) is 0 Å². The van der Waals surface area contributed by atoms with Crippen LogP contribution in [0.2, 0.25) is 0 Å². The summed E-state index contributed by atoms with van der Waals surface area (Å²) in [5.41, 5.74) is 2.51. The number of benzene rings is 1. The molecule has 2 aromatic rings. The third-order valence-electron chi connectivity index (χ3n) is 2.49. The van der Waals surface area contributed by atoms with E-state index in [1.54, 1.807) is 11.4 Å². The first-order valence-corrected chi connectivity index (χ1v) is 6.23. The van der Waals surface area contributed by atoms with Crippen molar-refractivity contribution >= 4 is 22.0 Å². The Bertz CT molecular complexity index is 554. The van der Waals surface area contributed by atoms with Crippen LogP contribution in [-0.2, 0) is 13.2 Å². The van der Waals surface area contributed by atoms with Gasteiger partial charge in [-0.2, -0.15) is 0 Å². The summed E-state index contributed by atoms with van der Waals surface area (Å²) < 4.78 is 0. The van der Waals surface area contributed by atoms with Crippen LogP contribution in [0.3, 0.4) is 0 Å². The Labute approximate surface area is 108 Å². The number of nitro groups is 1. The van der Waals surface area contributed by atoms with Gasteiger partial charge < -0.3 is 10.4 Å². The molecule has 0 fully saturated rings. The average molecular weight is 264 g/mol. The number of aliphatic hydroxyl groups excluding tert-OH is 1. The van der Waals surface area contributed by atoms with Crippen molar-refractivity contribution < 1.29 is 10.0 Å². The predicted octanol–water partition coefficient (Wildman–Crippen LogP) is 2.76. The number of aliphatic hydroxyl groups is 1. The van der Waals surface area contributed by atoms with Crippen molar-refractivity contribution in [1.82, 2.24) is 0 Å². The van der Waals surface area contributed by atoms with Crippen LogP contribution in [-0.4, -0.2) is 10.0 Å². The smallest absolute Gasteiger partial charge is 0.324 e. The summed E-state index contributed by atoms with van der Waals surface area (Å²) >= 11 is 1.11. The standard InChI is InChI=1S/C12H12N2O3S/c15-7-10-3-1-2-4-11(10)13-6-9-5-12(14(16)17)18-8-9/h1-5,8,13,15H,6-7H2. The highest BCUT2D eigenvalue weighted by Gasteiger charge is 2.09. The van der Waals surface area contributed by atoms with Crippen LogP contribution in [0.15, 0.2) is 35.7 Å². The van der Waals surface area contributed by atoms with E-state index in [1.807, 2.05) is 24.3 Å². The highest BCUT2D eigenvalue weighted by atomic mass is 32.1. The summed E-state index contributed by atoms with van der Waals surface area (Å²) in [6.45, 7) is 0.467. The molecule has 0 aliphatic heterocycles. The molecule has 0 aliphatic carbocycles. The molecule has 2 rings (SSSR count). The lowest BCUT2D eigenvalue weighted by Gasteiger charge is -2.09. The van der Waals surface area contributed by atoms with E-state index in [4.69, 9.17) is 5.11 Å². The number of nitrogens with one attached hydrogen (secondary N) is 1. The van der Waals surface area contributed by atoms with Crippen LogP contribution in [0.25, 0.3) is 0 Å². The van der Waals surface area contributed by atoms with E-state index in [0.717, 1.165) is 28.2 Å². The minimum atomic E-state index is -0.393. The Morgan fingerprint density at radius 2 is 2.17 bits per heavy atom. The molecule has 1 heterocycles. The fourth-order valence-electron chi connectivity index (χ4n) is 1.58. The highest BCUT2D eigenvalue weighted by Crippen LogP contribution is 2.23. The summed E-state index contributed by atoms with van der Waals surface area (Å²) in [5, 5.41) is 24.8. The largest absolute Gasteiger partial charge is 0.392 e. The minimum Gasteiger partial charge on any atom is -0.392 e. The third-order valence-corrected chi connectivity index (χ3v) is 3.42. The summed E-state index contributed by atoms with van der Waals surface area (Å²) in [5.74, 6) is 0. The Balaban J connectivity index is 2.04. The maximum atomic E-state index is 10.6. The third kappa shape index (κ3) is 2.85. The van der Waals surface area contributed by atoms with Gasteiger partial charge in [0.1, 0.15) is 0 Å². The summed E-state index contributed by atoms with van der Waals surface area (Å²) in [7, 11) is 0. The Morgan fingerprint density at radius 1 is 1.39 bits per heavy atom.